The molecule has 0 aromatic carbocycles. The summed E-state index contributed by atoms with van der Waals surface area (Å²) in [6, 6.07) is 0.461. The molecule has 0 aliphatic rings. The lowest BCUT2D eigenvalue weighted by molar-refractivity contribution is 0.437. The molecular weight excluding hydrogens is 301 g/mol. The van der Waals surface area contributed by atoms with Gasteiger partial charge in [-0.1, -0.05) is 26.7 Å². The van der Waals surface area contributed by atoms with E-state index in [9.17, 15) is 0 Å². The molecule has 0 aliphatic carbocycles. The molecule has 1 unspecified atom stereocenters. The van der Waals surface area contributed by atoms with Gasteiger partial charge in [-0.3, -0.25) is 0 Å². The molecule has 0 spiro atoms. The van der Waals surface area contributed by atoms with Crippen molar-refractivity contribution in [3.05, 3.63) is 16.1 Å². The zero-order chi connectivity index (χ0) is 11.3. The molecule has 0 radical (unpaired) electrons. The van der Waals surface area contributed by atoms with Gasteiger partial charge in [0.2, 0.25) is 0 Å². The third kappa shape index (κ3) is 3.59. The summed E-state index contributed by atoms with van der Waals surface area (Å²) in [5, 5.41) is 3.45. The van der Waals surface area contributed by atoms with Crippen LogP contribution in [0.2, 0.25) is 0 Å². The molecule has 0 aliphatic heterocycles. The number of halogens is 1. The SMILES string of the molecule is CCC(CC)C(C)Nc1ncncc1I. The van der Waals surface area contributed by atoms with E-state index in [1.807, 2.05) is 6.20 Å². The van der Waals surface area contributed by atoms with E-state index in [1.165, 1.54) is 12.8 Å². The first-order valence-corrected chi connectivity index (χ1v) is 6.48. The van der Waals surface area contributed by atoms with Gasteiger partial charge in [-0.25, -0.2) is 9.97 Å². The predicted molar refractivity (Wildman–Crippen MR) is 71.9 cm³/mol. The zero-order valence-electron chi connectivity index (χ0n) is 9.50. The van der Waals surface area contributed by atoms with Gasteiger partial charge in [-0.05, 0) is 35.4 Å². The summed E-state index contributed by atoms with van der Waals surface area (Å²) in [7, 11) is 0. The Bertz CT molecular complexity index is 300. The smallest absolute Gasteiger partial charge is 0.143 e. The maximum Gasteiger partial charge on any atom is 0.143 e. The summed E-state index contributed by atoms with van der Waals surface area (Å²) in [6.45, 7) is 6.68. The largest absolute Gasteiger partial charge is 0.366 e. The molecule has 1 rings (SSSR count). The number of aromatic nitrogens is 2. The van der Waals surface area contributed by atoms with Crippen LogP contribution in [0.3, 0.4) is 0 Å². The molecule has 0 fully saturated rings. The Hall–Kier alpha value is -0.390. The van der Waals surface area contributed by atoms with Crippen LogP contribution in [0.25, 0.3) is 0 Å². The van der Waals surface area contributed by atoms with Crippen molar-refractivity contribution < 1.29 is 0 Å². The average Bonchev–Trinajstić information content (AvgIpc) is 2.23. The van der Waals surface area contributed by atoms with Crippen LogP contribution >= 0.6 is 22.6 Å². The summed E-state index contributed by atoms with van der Waals surface area (Å²) in [4.78, 5) is 8.22. The van der Waals surface area contributed by atoms with Crippen molar-refractivity contribution in [2.75, 3.05) is 5.32 Å². The maximum atomic E-state index is 4.24. The number of anilines is 1. The van der Waals surface area contributed by atoms with Crippen molar-refractivity contribution in [3.8, 4) is 0 Å². The highest BCUT2D eigenvalue weighted by Gasteiger charge is 2.14. The van der Waals surface area contributed by atoms with Gasteiger partial charge in [0.15, 0.2) is 0 Å². The monoisotopic (exact) mass is 319 g/mol. The fraction of sp³-hybridized carbons (Fsp3) is 0.636. The molecule has 3 nitrogen and oxygen atoms in total. The van der Waals surface area contributed by atoms with Crippen LogP contribution in [0.15, 0.2) is 12.5 Å². The van der Waals surface area contributed by atoms with Crippen LogP contribution in [0, 0.1) is 9.49 Å². The van der Waals surface area contributed by atoms with Crippen molar-refractivity contribution in [1.29, 1.82) is 0 Å². The summed E-state index contributed by atoms with van der Waals surface area (Å²) in [6.07, 6.45) is 5.82. The van der Waals surface area contributed by atoms with Crippen LogP contribution in [0.5, 0.6) is 0 Å². The van der Waals surface area contributed by atoms with Gasteiger partial charge in [0.25, 0.3) is 0 Å². The predicted octanol–water partition coefficient (Wildman–Crippen LogP) is 3.32. The molecule has 15 heavy (non-hydrogen) atoms. The molecule has 0 saturated carbocycles. The third-order valence-electron chi connectivity index (χ3n) is 2.79. The lowest BCUT2D eigenvalue weighted by Gasteiger charge is -2.23. The molecule has 0 saturated heterocycles. The Labute approximate surface area is 105 Å². The quantitative estimate of drug-likeness (QED) is 0.846. The van der Waals surface area contributed by atoms with E-state index in [1.54, 1.807) is 6.33 Å². The minimum absolute atomic E-state index is 0.461. The first-order chi connectivity index (χ1) is 7.19. The second kappa shape index (κ2) is 6.25. The first kappa shape index (κ1) is 12.7. The van der Waals surface area contributed by atoms with Crippen LogP contribution < -0.4 is 5.32 Å². The van der Waals surface area contributed by atoms with Crippen molar-refractivity contribution in [1.82, 2.24) is 9.97 Å². The summed E-state index contributed by atoms with van der Waals surface area (Å²) in [5.74, 6) is 1.65. The van der Waals surface area contributed by atoms with E-state index in [-0.39, 0.29) is 0 Å². The fourth-order valence-electron chi connectivity index (χ4n) is 1.75. The molecule has 0 bridgehead atoms. The Balaban J connectivity index is 2.65. The highest BCUT2D eigenvalue weighted by molar-refractivity contribution is 14.1. The minimum Gasteiger partial charge on any atom is -0.366 e. The van der Waals surface area contributed by atoms with Gasteiger partial charge < -0.3 is 5.32 Å². The van der Waals surface area contributed by atoms with E-state index >= 15 is 0 Å². The van der Waals surface area contributed by atoms with E-state index in [4.69, 9.17) is 0 Å². The third-order valence-corrected chi connectivity index (χ3v) is 3.58. The van der Waals surface area contributed by atoms with Crippen molar-refractivity contribution >= 4 is 28.4 Å². The van der Waals surface area contributed by atoms with Gasteiger partial charge in [0.1, 0.15) is 12.1 Å². The topological polar surface area (TPSA) is 37.8 Å². The van der Waals surface area contributed by atoms with Crippen LogP contribution in [-0.4, -0.2) is 16.0 Å². The lowest BCUT2D eigenvalue weighted by Crippen LogP contribution is -2.26. The molecular formula is C11H18IN3. The second-order valence-corrected chi connectivity index (χ2v) is 4.89. The maximum absolute atomic E-state index is 4.24. The van der Waals surface area contributed by atoms with E-state index in [0.29, 0.717) is 12.0 Å². The molecule has 1 heterocycles. The summed E-state index contributed by atoms with van der Waals surface area (Å²) in [5.41, 5.74) is 0. The molecule has 0 amide bonds. The Morgan fingerprint density at radius 1 is 1.40 bits per heavy atom. The number of rotatable bonds is 5. The van der Waals surface area contributed by atoms with Crippen molar-refractivity contribution in [3.63, 3.8) is 0 Å². The van der Waals surface area contributed by atoms with Crippen LogP contribution in [0.1, 0.15) is 33.6 Å². The molecule has 1 aromatic heterocycles. The van der Waals surface area contributed by atoms with Crippen LogP contribution in [0.4, 0.5) is 5.82 Å². The normalized spacial score (nSPS) is 12.9. The summed E-state index contributed by atoms with van der Waals surface area (Å²) >= 11 is 2.25. The van der Waals surface area contributed by atoms with E-state index in [2.05, 4.69) is 58.6 Å². The second-order valence-electron chi connectivity index (χ2n) is 3.73. The molecule has 1 N–H and O–H groups in total. The fourth-order valence-corrected chi connectivity index (χ4v) is 2.20. The van der Waals surface area contributed by atoms with Crippen LogP contribution in [-0.2, 0) is 0 Å². The Kier molecular flexibility index (Phi) is 5.28. The molecule has 84 valence electrons. The van der Waals surface area contributed by atoms with E-state index in [0.717, 1.165) is 9.39 Å². The average molecular weight is 319 g/mol. The van der Waals surface area contributed by atoms with Gasteiger partial charge in [0.05, 0.1) is 3.57 Å². The molecule has 1 aromatic rings. The molecule has 4 heteroatoms. The highest BCUT2D eigenvalue weighted by atomic mass is 127. The zero-order valence-corrected chi connectivity index (χ0v) is 11.7. The summed E-state index contributed by atoms with van der Waals surface area (Å²) < 4.78 is 1.08. The van der Waals surface area contributed by atoms with Crippen molar-refractivity contribution in [2.24, 2.45) is 5.92 Å². The lowest BCUT2D eigenvalue weighted by atomic mass is 9.95. The van der Waals surface area contributed by atoms with Gasteiger partial charge in [-0.2, -0.15) is 0 Å². The number of nitrogens with one attached hydrogen (secondary N) is 1. The number of nitrogens with zero attached hydrogens (tertiary/aromatic N) is 2. The van der Waals surface area contributed by atoms with Gasteiger partial charge in [0, 0.05) is 12.2 Å². The van der Waals surface area contributed by atoms with Crippen molar-refractivity contribution in [2.45, 2.75) is 39.7 Å². The number of hydrogen-bond acceptors (Lipinski definition) is 3. The Morgan fingerprint density at radius 3 is 2.60 bits per heavy atom. The number of hydrogen-bond donors (Lipinski definition) is 1. The first-order valence-electron chi connectivity index (χ1n) is 5.41. The molecule has 1 atom stereocenters. The standard InChI is InChI=1S/C11H18IN3/c1-4-9(5-2)8(3)15-11-10(12)6-13-7-14-11/h6-9H,4-5H2,1-3H3,(H,13,14,15). The van der Waals surface area contributed by atoms with E-state index < -0.39 is 0 Å². The van der Waals surface area contributed by atoms with Gasteiger partial charge in [-0.15, -0.1) is 0 Å². The Morgan fingerprint density at radius 2 is 2.07 bits per heavy atom. The van der Waals surface area contributed by atoms with Gasteiger partial charge >= 0.3 is 0 Å². The minimum atomic E-state index is 0.461. The highest BCUT2D eigenvalue weighted by Crippen LogP contribution is 2.19.